The van der Waals surface area contributed by atoms with Gasteiger partial charge in [0.25, 0.3) is 0 Å². The van der Waals surface area contributed by atoms with E-state index >= 15 is 0 Å². The highest BCUT2D eigenvalue weighted by Crippen LogP contribution is 2.22. The lowest BCUT2D eigenvalue weighted by Crippen LogP contribution is -2.49. The van der Waals surface area contributed by atoms with Gasteiger partial charge >= 0.3 is 0 Å². The summed E-state index contributed by atoms with van der Waals surface area (Å²) in [6.45, 7) is 5.45. The zero-order chi connectivity index (χ0) is 17.4. The van der Waals surface area contributed by atoms with Crippen LogP contribution < -0.4 is 5.32 Å². The Morgan fingerprint density at radius 2 is 1.88 bits per heavy atom. The maximum atomic E-state index is 12.5. The van der Waals surface area contributed by atoms with Crippen LogP contribution in [-0.4, -0.2) is 35.8 Å². The largest absolute Gasteiger partial charge is 0.345 e. The summed E-state index contributed by atoms with van der Waals surface area (Å²) in [5.74, 6) is 0.681. The summed E-state index contributed by atoms with van der Waals surface area (Å²) >= 11 is 0. The molecule has 0 spiro atoms. The van der Waals surface area contributed by atoms with Gasteiger partial charge in [-0.25, -0.2) is 0 Å². The van der Waals surface area contributed by atoms with E-state index in [1.165, 1.54) is 5.56 Å². The average Bonchev–Trinajstić information content (AvgIpc) is 2.61. The number of unbranched alkanes of at least 4 members (excludes halogenated alkanes) is 1. The lowest BCUT2D eigenvalue weighted by Gasteiger charge is -2.33. The molecule has 1 aromatic carbocycles. The summed E-state index contributed by atoms with van der Waals surface area (Å²) in [6, 6.07) is 10.1. The molecule has 4 heteroatoms. The van der Waals surface area contributed by atoms with Crippen LogP contribution in [0, 0.1) is 5.92 Å². The second-order valence-corrected chi connectivity index (χ2v) is 6.85. The molecular formula is C20H30N2O2. The number of hydrogen-bond acceptors (Lipinski definition) is 2. The molecule has 1 aliphatic heterocycles. The average molecular weight is 330 g/mol. The summed E-state index contributed by atoms with van der Waals surface area (Å²) in [6.07, 6.45) is 5.54. The minimum atomic E-state index is -0.417. The molecule has 24 heavy (non-hydrogen) atoms. The van der Waals surface area contributed by atoms with Gasteiger partial charge in [0.2, 0.25) is 11.8 Å². The van der Waals surface area contributed by atoms with Crippen molar-refractivity contribution >= 4 is 11.8 Å². The lowest BCUT2D eigenvalue weighted by molar-refractivity contribution is -0.137. The summed E-state index contributed by atoms with van der Waals surface area (Å²) < 4.78 is 0. The molecule has 0 aromatic heterocycles. The number of amides is 2. The molecule has 4 nitrogen and oxygen atoms in total. The third-order valence-electron chi connectivity index (χ3n) is 4.80. The van der Waals surface area contributed by atoms with Crippen molar-refractivity contribution in [2.45, 2.75) is 58.4 Å². The van der Waals surface area contributed by atoms with Crippen molar-refractivity contribution in [2.75, 3.05) is 13.1 Å². The van der Waals surface area contributed by atoms with Gasteiger partial charge in [-0.3, -0.25) is 9.59 Å². The van der Waals surface area contributed by atoms with Crippen LogP contribution in [0.5, 0.6) is 0 Å². The minimum Gasteiger partial charge on any atom is -0.345 e. The van der Waals surface area contributed by atoms with Gasteiger partial charge in [0.1, 0.15) is 6.04 Å². The van der Waals surface area contributed by atoms with Crippen molar-refractivity contribution in [3.63, 3.8) is 0 Å². The van der Waals surface area contributed by atoms with E-state index in [1.807, 2.05) is 11.0 Å². The smallest absolute Gasteiger partial charge is 0.244 e. The Morgan fingerprint density at radius 3 is 2.50 bits per heavy atom. The molecule has 1 saturated heterocycles. The first-order valence-corrected chi connectivity index (χ1v) is 9.22. The molecule has 2 amide bonds. The molecule has 0 unspecified atom stereocenters. The van der Waals surface area contributed by atoms with Gasteiger partial charge in [-0.1, -0.05) is 43.7 Å². The van der Waals surface area contributed by atoms with Crippen LogP contribution in [0.4, 0.5) is 0 Å². The maximum Gasteiger partial charge on any atom is 0.244 e. The van der Waals surface area contributed by atoms with Gasteiger partial charge in [0, 0.05) is 19.5 Å². The first kappa shape index (κ1) is 18.5. The Morgan fingerprint density at radius 1 is 1.21 bits per heavy atom. The molecular weight excluding hydrogens is 300 g/mol. The number of rotatable bonds is 7. The van der Waals surface area contributed by atoms with Crippen molar-refractivity contribution < 1.29 is 9.59 Å². The molecule has 2 rings (SSSR count). The van der Waals surface area contributed by atoms with Gasteiger partial charge in [-0.05, 0) is 44.1 Å². The third kappa shape index (κ3) is 5.66. The van der Waals surface area contributed by atoms with Gasteiger partial charge in [-0.2, -0.15) is 0 Å². The van der Waals surface area contributed by atoms with Crippen molar-refractivity contribution in [1.29, 1.82) is 0 Å². The summed E-state index contributed by atoms with van der Waals surface area (Å²) in [4.78, 5) is 26.2. The van der Waals surface area contributed by atoms with E-state index in [0.29, 0.717) is 12.3 Å². The Balaban J connectivity index is 1.74. The van der Waals surface area contributed by atoms with E-state index in [1.54, 1.807) is 6.92 Å². The first-order valence-electron chi connectivity index (χ1n) is 9.22. The van der Waals surface area contributed by atoms with E-state index in [-0.39, 0.29) is 11.8 Å². The Hall–Kier alpha value is -1.84. The van der Waals surface area contributed by atoms with Crippen LogP contribution in [0.15, 0.2) is 30.3 Å². The molecule has 1 N–H and O–H groups in total. The summed E-state index contributed by atoms with van der Waals surface area (Å²) in [5.41, 5.74) is 1.37. The molecule has 1 atom stereocenters. The number of carbonyl (C=O) groups is 2. The number of likely N-dealkylation sites (tertiary alicyclic amines) is 1. The van der Waals surface area contributed by atoms with Crippen LogP contribution in [0.2, 0.25) is 0 Å². The fourth-order valence-corrected chi connectivity index (χ4v) is 3.29. The fourth-order valence-electron chi connectivity index (χ4n) is 3.29. The van der Waals surface area contributed by atoms with E-state index in [4.69, 9.17) is 0 Å². The maximum absolute atomic E-state index is 12.5. The number of benzene rings is 1. The fraction of sp³-hybridized carbons (Fsp3) is 0.600. The molecule has 0 bridgehead atoms. The second kappa shape index (κ2) is 9.45. The molecule has 1 fully saturated rings. The highest BCUT2D eigenvalue weighted by molar-refractivity contribution is 5.87. The first-order chi connectivity index (χ1) is 11.6. The van der Waals surface area contributed by atoms with Crippen molar-refractivity contribution in [3.8, 4) is 0 Å². The minimum absolute atomic E-state index is 0.0170. The molecule has 0 aliphatic carbocycles. The normalized spacial score (nSPS) is 16.7. The highest BCUT2D eigenvalue weighted by Gasteiger charge is 2.26. The SMILES string of the molecule is CCCCC(=O)N[C@@H](C)C(=O)N1CCC(Cc2ccccc2)CC1. The van der Waals surface area contributed by atoms with E-state index in [2.05, 4.69) is 36.5 Å². The van der Waals surface area contributed by atoms with E-state index in [0.717, 1.165) is 45.2 Å². The molecule has 0 radical (unpaired) electrons. The highest BCUT2D eigenvalue weighted by atomic mass is 16.2. The standard InChI is InChI=1S/C20H30N2O2/c1-3-4-10-19(23)21-16(2)20(24)22-13-11-18(12-14-22)15-17-8-6-5-7-9-17/h5-9,16,18H,3-4,10-15H2,1-2H3,(H,21,23)/t16-/m0/s1. The zero-order valence-electron chi connectivity index (χ0n) is 15.0. The van der Waals surface area contributed by atoms with Crippen molar-refractivity contribution in [3.05, 3.63) is 35.9 Å². The Bertz CT molecular complexity index is 522. The number of nitrogens with one attached hydrogen (secondary N) is 1. The number of hydrogen-bond donors (Lipinski definition) is 1. The summed E-state index contributed by atoms with van der Waals surface area (Å²) in [5, 5.41) is 2.83. The van der Waals surface area contributed by atoms with E-state index in [9.17, 15) is 9.59 Å². The van der Waals surface area contributed by atoms with Crippen molar-refractivity contribution in [1.82, 2.24) is 10.2 Å². The lowest BCUT2D eigenvalue weighted by atomic mass is 9.90. The second-order valence-electron chi connectivity index (χ2n) is 6.85. The Kier molecular flexibility index (Phi) is 7.29. The monoisotopic (exact) mass is 330 g/mol. The van der Waals surface area contributed by atoms with Gasteiger partial charge in [-0.15, -0.1) is 0 Å². The molecule has 1 aliphatic rings. The number of nitrogens with zero attached hydrogens (tertiary/aromatic N) is 1. The van der Waals surface area contributed by atoms with Crippen LogP contribution in [0.3, 0.4) is 0 Å². The van der Waals surface area contributed by atoms with Crippen molar-refractivity contribution in [2.24, 2.45) is 5.92 Å². The molecule has 1 heterocycles. The van der Waals surface area contributed by atoms with Crippen LogP contribution in [-0.2, 0) is 16.0 Å². The predicted octanol–water partition coefficient (Wildman–Crippen LogP) is 3.16. The van der Waals surface area contributed by atoms with Gasteiger partial charge < -0.3 is 10.2 Å². The predicted molar refractivity (Wildman–Crippen MR) is 96.6 cm³/mol. The molecule has 0 saturated carbocycles. The topological polar surface area (TPSA) is 49.4 Å². The number of carbonyl (C=O) groups excluding carboxylic acids is 2. The van der Waals surface area contributed by atoms with E-state index < -0.39 is 6.04 Å². The summed E-state index contributed by atoms with van der Waals surface area (Å²) in [7, 11) is 0. The zero-order valence-corrected chi connectivity index (χ0v) is 15.0. The quantitative estimate of drug-likeness (QED) is 0.835. The van der Waals surface area contributed by atoms with Crippen LogP contribution in [0.1, 0.15) is 51.5 Å². The Labute approximate surface area is 145 Å². The molecule has 1 aromatic rings. The van der Waals surface area contributed by atoms with Crippen LogP contribution in [0.25, 0.3) is 0 Å². The number of piperidine rings is 1. The third-order valence-corrected chi connectivity index (χ3v) is 4.80. The van der Waals surface area contributed by atoms with Gasteiger partial charge in [0.15, 0.2) is 0 Å². The van der Waals surface area contributed by atoms with Gasteiger partial charge in [0.05, 0.1) is 0 Å². The van der Waals surface area contributed by atoms with Crippen LogP contribution >= 0.6 is 0 Å². The molecule has 132 valence electrons.